The summed E-state index contributed by atoms with van der Waals surface area (Å²) in [5.41, 5.74) is 1.07. The normalized spacial score (nSPS) is 23.0. The number of hydrogen-bond donors (Lipinski definition) is 0. The Morgan fingerprint density at radius 2 is 1.76 bits per heavy atom. The number of ether oxygens (including phenoxy) is 1. The lowest BCUT2D eigenvalue weighted by molar-refractivity contribution is -0.133. The van der Waals surface area contributed by atoms with Crippen molar-refractivity contribution >= 4 is 24.2 Å². The average molecular weight is 289 g/mol. The fraction of sp³-hybridized carbons (Fsp3) is 0.533. The average Bonchev–Trinajstić information content (AvgIpc) is 2.58. The number of esters is 1. The van der Waals surface area contributed by atoms with E-state index in [1.54, 1.807) is 6.07 Å². The Kier molecular flexibility index (Phi) is 3.08. The quantitative estimate of drug-likeness (QED) is 0.443. The zero-order chi connectivity index (χ0) is 15.4. The van der Waals surface area contributed by atoms with Gasteiger partial charge in [-0.3, -0.25) is 0 Å². The SMILES string of the molecule is CN1CC(=O)Oc2ccc(B3OC(C)(C)C(C)(C)O3)cc21. The van der Waals surface area contributed by atoms with Gasteiger partial charge in [0.25, 0.3) is 0 Å². The molecule has 0 saturated carbocycles. The van der Waals surface area contributed by atoms with E-state index in [2.05, 4.69) is 0 Å². The van der Waals surface area contributed by atoms with Crippen LogP contribution in [0.3, 0.4) is 0 Å². The molecule has 1 saturated heterocycles. The summed E-state index contributed by atoms with van der Waals surface area (Å²) in [4.78, 5) is 13.3. The van der Waals surface area contributed by atoms with Gasteiger partial charge in [0, 0.05) is 7.05 Å². The Labute approximate surface area is 125 Å². The van der Waals surface area contributed by atoms with Crippen LogP contribution in [0.5, 0.6) is 5.75 Å². The highest BCUT2D eigenvalue weighted by Gasteiger charge is 2.51. The molecule has 5 nitrogen and oxygen atoms in total. The van der Waals surface area contributed by atoms with Crippen LogP contribution in [0.4, 0.5) is 5.69 Å². The number of benzene rings is 1. The van der Waals surface area contributed by atoms with Crippen molar-refractivity contribution in [3.05, 3.63) is 18.2 Å². The van der Waals surface area contributed by atoms with Gasteiger partial charge in [-0.2, -0.15) is 0 Å². The van der Waals surface area contributed by atoms with Gasteiger partial charge in [-0.15, -0.1) is 0 Å². The Morgan fingerprint density at radius 3 is 2.38 bits per heavy atom. The van der Waals surface area contributed by atoms with E-state index in [0.717, 1.165) is 11.2 Å². The highest BCUT2D eigenvalue weighted by molar-refractivity contribution is 6.62. The van der Waals surface area contributed by atoms with Crippen LogP contribution in [-0.4, -0.2) is 37.9 Å². The van der Waals surface area contributed by atoms with Gasteiger partial charge in [0.05, 0.1) is 16.9 Å². The third-order valence-electron chi connectivity index (χ3n) is 4.51. The molecule has 2 heterocycles. The first kappa shape index (κ1) is 14.4. The maximum atomic E-state index is 11.4. The molecule has 6 heteroatoms. The summed E-state index contributed by atoms with van der Waals surface area (Å²) < 4.78 is 17.3. The second-order valence-electron chi connectivity index (χ2n) is 6.65. The second kappa shape index (κ2) is 4.48. The van der Waals surface area contributed by atoms with Crippen LogP contribution in [0.2, 0.25) is 0 Å². The van der Waals surface area contributed by atoms with E-state index in [4.69, 9.17) is 14.0 Å². The van der Waals surface area contributed by atoms with E-state index >= 15 is 0 Å². The van der Waals surface area contributed by atoms with Crippen LogP contribution >= 0.6 is 0 Å². The maximum absolute atomic E-state index is 11.4. The van der Waals surface area contributed by atoms with Crippen molar-refractivity contribution in [2.45, 2.75) is 38.9 Å². The van der Waals surface area contributed by atoms with Crippen LogP contribution in [-0.2, 0) is 14.1 Å². The van der Waals surface area contributed by atoms with Gasteiger partial charge in [-0.05, 0) is 45.3 Å². The first-order chi connectivity index (χ1) is 9.69. The van der Waals surface area contributed by atoms with Crippen molar-refractivity contribution in [2.24, 2.45) is 0 Å². The van der Waals surface area contributed by atoms with E-state index in [1.807, 2.05) is 51.8 Å². The minimum atomic E-state index is -0.411. The molecule has 0 aliphatic carbocycles. The standard InChI is InChI=1S/C15H20BNO4/c1-14(2)15(3,4)21-16(20-14)10-6-7-12-11(8-10)17(5)9-13(18)19-12/h6-8H,9H2,1-5H3. The van der Waals surface area contributed by atoms with Crippen LogP contribution < -0.4 is 15.1 Å². The van der Waals surface area contributed by atoms with Crippen LogP contribution in [0.25, 0.3) is 0 Å². The molecule has 0 amide bonds. The molecular formula is C15H20BNO4. The van der Waals surface area contributed by atoms with Gasteiger partial charge in [0.1, 0.15) is 6.54 Å². The molecule has 1 aromatic rings. The number of carbonyl (C=O) groups is 1. The molecule has 0 atom stereocenters. The number of rotatable bonds is 1. The lowest BCUT2D eigenvalue weighted by Crippen LogP contribution is -2.41. The largest absolute Gasteiger partial charge is 0.494 e. The van der Waals surface area contributed by atoms with E-state index < -0.39 is 7.12 Å². The number of carbonyl (C=O) groups excluding carboxylic acids is 1. The molecular weight excluding hydrogens is 269 g/mol. The van der Waals surface area contributed by atoms with Crippen LogP contribution in [0, 0.1) is 0 Å². The fourth-order valence-corrected chi connectivity index (χ4v) is 2.48. The molecule has 0 aromatic heterocycles. The molecule has 1 fully saturated rings. The van der Waals surface area contributed by atoms with Crippen molar-refractivity contribution in [2.75, 3.05) is 18.5 Å². The van der Waals surface area contributed by atoms with Crippen LogP contribution in [0.1, 0.15) is 27.7 Å². The molecule has 2 aliphatic rings. The molecule has 0 N–H and O–H groups in total. The van der Waals surface area contributed by atoms with Gasteiger partial charge in [0.2, 0.25) is 0 Å². The molecule has 0 radical (unpaired) electrons. The zero-order valence-corrected chi connectivity index (χ0v) is 13.1. The van der Waals surface area contributed by atoms with Gasteiger partial charge >= 0.3 is 13.1 Å². The van der Waals surface area contributed by atoms with Crippen molar-refractivity contribution in [1.29, 1.82) is 0 Å². The summed E-state index contributed by atoms with van der Waals surface area (Å²) in [7, 11) is 1.46. The topological polar surface area (TPSA) is 48.0 Å². The van der Waals surface area contributed by atoms with Crippen molar-refractivity contribution in [3.8, 4) is 5.75 Å². The summed E-state index contributed by atoms with van der Waals surface area (Å²) in [5, 5.41) is 0. The number of nitrogens with zero attached hydrogens (tertiary/aromatic N) is 1. The lowest BCUT2D eigenvalue weighted by atomic mass is 9.78. The van der Waals surface area contributed by atoms with E-state index in [-0.39, 0.29) is 23.7 Å². The Bertz CT molecular complexity index is 583. The van der Waals surface area contributed by atoms with Crippen molar-refractivity contribution in [1.82, 2.24) is 0 Å². The Balaban J connectivity index is 1.92. The van der Waals surface area contributed by atoms with E-state index in [1.165, 1.54) is 0 Å². The minimum absolute atomic E-state index is 0.242. The number of anilines is 1. The molecule has 0 bridgehead atoms. The smallest absolute Gasteiger partial charge is 0.423 e. The molecule has 1 aromatic carbocycles. The monoisotopic (exact) mass is 289 g/mol. The number of fused-ring (bicyclic) bond motifs is 1. The summed E-state index contributed by atoms with van der Waals surface area (Å²) >= 11 is 0. The molecule has 3 rings (SSSR count). The third kappa shape index (κ3) is 2.32. The Hall–Kier alpha value is -1.53. The summed E-state index contributed by atoms with van der Waals surface area (Å²) in [5.74, 6) is 0.336. The highest BCUT2D eigenvalue weighted by Crippen LogP contribution is 2.37. The molecule has 0 unspecified atom stereocenters. The summed E-state index contributed by atoms with van der Waals surface area (Å²) in [6.45, 7) is 8.36. The summed E-state index contributed by atoms with van der Waals surface area (Å²) in [6.07, 6.45) is 0. The fourth-order valence-electron chi connectivity index (χ4n) is 2.48. The number of hydrogen-bond acceptors (Lipinski definition) is 5. The minimum Gasteiger partial charge on any atom is -0.423 e. The van der Waals surface area contributed by atoms with E-state index in [0.29, 0.717) is 5.75 Å². The Morgan fingerprint density at radius 1 is 1.14 bits per heavy atom. The lowest BCUT2D eigenvalue weighted by Gasteiger charge is -2.32. The van der Waals surface area contributed by atoms with Crippen molar-refractivity contribution < 1.29 is 18.8 Å². The van der Waals surface area contributed by atoms with Gasteiger partial charge in [-0.1, -0.05) is 6.07 Å². The molecule has 21 heavy (non-hydrogen) atoms. The predicted octanol–water partition coefficient (Wildman–Crippen LogP) is 1.34. The first-order valence-electron chi connectivity index (χ1n) is 7.11. The highest BCUT2D eigenvalue weighted by atomic mass is 16.7. The first-order valence-corrected chi connectivity index (χ1v) is 7.11. The van der Waals surface area contributed by atoms with Gasteiger partial charge in [0.15, 0.2) is 5.75 Å². The maximum Gasteiger partial charge on any atom is 0.494 e. The predicted molar refractivity (Wildman–Crippen MR) is 81.1 cm³/mol. The van der Waals surface area contributed by atoms with E-state index in [9.17, 15) is 4.79 Å². The van der Waals surface area contributed by atoms with Crippen LogP contribution in [0.15, 0.2) is 18.2 Å². The van der Waals surface area contributed by atoms with Crippen molar-refractivity contribution in [3.63, 3.8) is 0 Å². The third-order valence-corrected chi connectivity index (χ3v) is 4.51. The summed E-state index contributed by atoms with van der Waals surface area (Å²) in [6, 6.07) is 5.64. The second-order valence-corrected chi connectivity index (χ2v) is 6.65. The molecule has 2 aliphatic heterocycles. The zero-order valence-electron chi connectivity index (χ0n) is 13.1. The van der Waals surface area contributed by atoms with Gasteiger partial charge < -0.3 is 18.9 Å². The number of likely N-dealkylation sites (N-methyl/N-ethyl adjacent to an activating group) is 1. The molecule has 112 valence electrons. The molecule has 0 spiro atoms. The van der Waals surface area contributed by atoms with Gasteiger partial charge in [-0.25, -0.2) is 4.79 Å².